The van der Waals surface area contributed by atoms with Gasteiger partial charge in [0.15, 0.2) is 0 Å². The molecule has 0 aliphatic carbocycles. The van der Waals surface area contributed by atoms with Gasteiger partial charge in [0.1, 0.15) is 11.6 Å². The highest BCUT2D eigenvalue weighted by molar-refractivity contribution is 9.10. The summed E-state index contributed by atoms with van der Waals surface area (Å²) in [6.07, 6.45) is 1.21. The van der Waals surface area contributed by atoms with Crippen LogP contribution in [0.5, 0.6) is 0 Å². The molecule has 3 N–H and O–H groups in total. The lowest BCUT2D eigenvalue weighted by Gasteiger charge is -2.13. The van der Waals surface area contributed by atoms with Crippen molar-refractivity contribution in [3.63, 3.8) is 0 Å². The van der Waals surface area contributed by atoms with E-state index in [1.54, 1.807) is 0 Å². The summed E-state index contributed by atoms with van der Waals surface area (Å²) < 4.78 is 27.3. The summed E-state index contributed by atoms with van der Waals surface area (Å²) >= 11 is 3.43. The normalized spacial score (nSPS) is 12.4. The molecule has 5 heteroatoms. The molecule has 0 amide bonds. The highest BCUT2D eigenvalue weighted by Gasteiger charge is 2.07. The van der Waals surface area contributed by atoms with Crippen LogP contribution in [0.3, 0.4) is 0 Å². The summed E-state index contributed by atoms with van der Waals surface area (Å²) in [4.78, 5) is 0. The number of hydrogen-bond acceptors (Lipinski definition) is 2. The van der Waals surface area contributed by atoms with Gasteiger partial charge in [-0.15, -0.1) is 0 Å². The molecular formula is C17H19BrF2N2. The van der Waals surface area contributed by atoms with E-state index in [-0.39, 0.29) is 6.04 Å². The number of hydrogen-bond donors (Lipinski definition) is 2. The summed E-state index contributed by atoms with van der Waals surface area (Å²) in [5, 5.41) is 3.32. The largest absolute Gasteiger partial charge is 0.327 e. The van der Waals surface area contributed by atoms with Gasteiger partial charge < -0.3 is 11.1 Å². The predicted molar refractivity (Wildman–Crippen MR) is 88.5 cm³/mol. The van der Waals surface area contributed by atoms with Crippen LogP contribution in [-0.2, 0) is 13.0 Å². The molecule has 22 heavy (non-hydrogen) atoms. The van der Waals surface area contributed by atoms with Gasteiger partial charge in [-0.05, 0) is 54.8 Å². The number of rotatable bonds is 7. The van der Waals surface area contributed by atoms with Crippen LogP contribution in [0.4, 0.5) is 8.78 Å². The van der Waals surface area contributed by atoms with Gasteiger partial charge in [0.25, 0.3) is 0 Å². The first-order valence-electron chi connectivity index (χ1n) is 7.18. The van der Waals surface area contributed by atoms with Crippen molar-refractivity contribution in [2.24, 2.45) is 5.73 Å². The molecule has 1 atom stereocenters. The van der Waals surface area contributed by atoms with Crippen LogP contribution in [0.2, 0.25) is 0 Å². The number of nitrogens with two attached hydrogens (primary N) is 1. The summed E-state index contributed by atoms with van der Waals surface area (Å²) in [7, 11) is 0. The average Bonchev–Trinajstić information content (AvgIpc) is 2.42. The maximum atomic E-state index is 13.1. The zero-order valence-corrected chi connectivity index (χ0v) is 13.7. The summed E-state index contributed by atoms with van der Waals surface area (Å²) in [5.41, 5.74) is 7.80. The SMILES string of the molecule is N[C@H](CCNCc1cccc(Br)c1)Cc1cc(F)cc(F)c1. The fourth-order valence-electron chi connectivity index (χ4n) is 2.30. The Kier molecular flexibility index (Phi) is 6.49. The minimum absolute atomic E-state index is 0.129. The van der Waals surface area contributed by atoms with Gasteiger partial charge in [-0.25, -0.2) is 8.78 Å². The molecule has 118 valence electrons. The van der Waals surface area contributed by atoms with Crippen LogP contribution in [0, 0.1) is 11.6 Å². The maximum Gasteiger partial charge on any atom is 0.126 e. The minimum Gasteiger partial charge on any atom is -0.327 e. The van der Waals surface area contributed by atoms with E-state index < -0.39 is 11.6 Å². The standard InChI is InChI=1S/C17H19BrF2N2/c18-14-3-1-2-12(6-14)11-22-5-4-17(21)9-13-7-15(19)10-16(20)8-13/h1-3,6-8,10,17,22H,4-5,9,11,21H2/t17-/m1/s1. The summed E-state index contributed by atoms with van der Waals surface area (Å²) in [6.45, 7) is 1.52. The number of halogens is 3. The smallest absolute Gasteiger partial charge is 0.126 e. The molecule has 2 nitrogen and oxygen atoms in total. The fraction of sp³-hybridized carbons (Fsp3) is 0.294. The predicted octanol–water partition coefficient (Wildman–Crippen LogP) is 3.78. The van der Waals surface area contributed by atoms with E-state index in [2.05, 4.69) is 27.3 Å². The number of benzene rings is 2. The van der Waals surface area contributed by atoms with Gasteiger partial charge in [-0.2, -0.15) is 0 Å². The van der Waals surface area contributed by atoms with Crippen molar-refractivity contribution in [3.05, 3.63) is 69.7 Å². The zero-order chi connectivity index (χ0) is 15.9. The van der Waals surface area contributed by atoms with Gasteiger partial charge in [0, 0.05) is 23.1 Å². The molecule has 0 fully saturated rings. The molecule has 0 aromatic heterocycles. The Morgan fingerprint density at radius 2 is 1.77 bits per heavy atom. The molecule has 0 bridgehead atoms. The van der Waals surface area contributed by atoms with Crippen LogP contribution >= 0.6 is 15.9 Å². The molecule has 0 radical (unpaired) electrons. The van der Waals surface area contributed by atoms with E-state index in [0.717, 1.165) is 30.0 Å². The van der Waals surface area contributed by atoms with Crippen LogP contribution in [0.1, 0.15) is 17.5 Å². The average molecular weight is 369 g/mol. The van der Waals surface area contributed by atoms with E-state index in [1.807, 2.05) is 18.2 Å². The van der Waals surface area contributed by atoms with Crippen molar-refractivity contribution in [1.82, 2.24) is 5.32 Å². The molecule has 2 aromatic carbocycles. The van der Waals surface area contributed by atoms with Crippen molar-refractivity contribution < 1.29 is 8.78 Å². The Bertz CT molecular complexity index is 599. The van der Waals surface area contributed by atoms with Crippen molar-refractivity contribution in [2.45, 2.75) is 25.4 Å². The fourth-order valence-corrected chi connectivity index (χ4v) is 2.75. The third-order valence-corrected chi connectivity index (χ3v) is 3.82. The van der Waals surface area contributed by atoms with E-state index in [4.69, 9.17) is 5.73 Å². The first-order valence-corrected chi connectivity index (χ1v) is 7.98. The molecule has 2 aromatic rings. The second-order valence-corrected chi connectivity index (χ2v) is 6.25. The van der Waals surface area contributed by atoms with Crippen LogP contribution in [0.25, 0.3) is 0 Å². The molecule has 0 saturated heterocycles. The second-order valence-electron chi connectivity index (χ2n) is 5.34. The zero-order valence-electron chi connectivity index (χ0n) is 12.2. The van der Waals surface area contributed by atoms with Crippen molar-refractivity contribution in [3.8, 4) is 0 Å². The highest BCUT2D eigenvalue weighted by atomic mass is 79.9. The molecule has 2 rings (SSSR count). The molecular weight excluding hydrogens is 350 g/mol. The number of nitrogens with one attached hydrogen (secondary N) is 1. The summed E-state index contributed by atoms with van der Waals surface area (Å²) in [6, 6.07) is 11.5. The van der Waals surface area contributed by atoms with E-state index in [0.29, 0.717) is 12.0 Å². The third kappa shape index (κ3) is 5.83. The van der Waals surface area contributed by atoms with E-state index in [9.17, 15) is 8.78 Å². The monoisotopic (exact) mass is 368 g/mol. The van der Waals surface area contributed by atoms with E-state index >= 15 is 0 Å². The first kappa shape index (κ1) is 17.1. The molecule has 0 saturated carbocycles. The minimum atomic E-state index is -0.560. The van der Waals surface area contributed by atoms with Crippen molar-refractivity contribution in [2.75, 3.05) is 6.54 Å². The Balaban J connectivity index is 1.72. The topological polar surface area (TPSA) is 38.0 Å². The van der Waals surface area contributed by atoms with Crippen molar-refractivity contribution in [1.29, 1.82) is 0 Å². The Labute approximate surface area is 137 Å². The lowest BCUT2D eigenvalue weighted by molar-refractivity contribution is 0.548. The van der Waals surface area contributed by atoms with Crippen LogP contribution < -0.4 is 11.1 Å². The lowest BCUT2D eigenvalue weighted by atomic mass is 10.0. The van der Waals surface area contributed by atoms with Crippen LogP contribution in [-0.4, -0.2) is 12.6 Å². The van der Waals surface area contributed by atoms with Gasteiger partial charge in [-0.1, -0.05) is 28.1 Å². The van der Waals surface area contributed by atoms with Gasteiger partial charge in [0.2, 0.25) is 0 Å². The third-order valence-electron chi connectivity index (χ3n) is 3.33. The van der Waals surface area contributed by atoms with E-state index in [1.165, 1.54) is 17.7 Å². The second kappa shape index (κ2) is 8.36. The Morgan fingerprint density at radius 1 is 1.05 bits per heavy atom. The van der Waals surface area contributed by atoms with Gasteiger partial charge >= 0.3 is 0 Å². The van der Waals surface area contributed by atoms with Crippen molar-refractivity contribution >= 4 is 15.9 Å². The molecule has 0 spiro atoms. The van der Waals surface area contributed by atoms with Gasteiger partial charge in [0.05, 0.1) is 0 Å². The maximum absolute atomic E-state index is 13.1. The Hall–Kier alpha value is -1.30. The molecule has 0 aliphatic heterocycles. The molecule has 0 heterocycles. The van der Waals surface area contributed by atoms with Gasteiger partial charge in [-0.3, -0.25) is 0 Å². The first-order chi connectivity index (χ1) is 10.5. The molecule has 0 aliphatic rings. The highest BCUT2D eigenvalue weighted by Crippen LogP contribution is 2.12. The molecule has 0 unspecified atom stereocenters. The Morgan fingerprint density at radius 3 is 2.45 bits per heavy atom. The van der Waals surface area contributed by atoms with Crippen LogP contribution in [0.15, 0.2) is 46.9 Å². The lowest BCUT2D eigenvalue weighted by Crippen LogP contribution is -2.28. The quantitative estimate of drug-likeness (QED) is 0.729. The summed E-state index contributed by atoms with van der Waals surface area (Å²) in [5.74, 6) is -1.12.